The average molecular weight is 129 g/mol. The number of carbonyl (C=O) groups is 1. The van der Waals surface area contributed by atoms with Gasteiger partial charge in [0.25, 0.3) is 0 Å². The Morgan fingerprint density at radius 2 is 2.11 bits per heavy atom. The van der Waals surface area contributed by atoms with Gasteiger partial charge in [-0.3, -0.25) is 4.90 Å². The topological polar surface area (TPSA) is 20.3 Å². The fourth-order valence-electron chi connectivity index (χ4n) is 0.800. The molecule has 0 aromatic heterocycles. The molecule has 0 unspecified atom stereocenters. The van der Waals surface area contributed by atoms with Gasteiger partial charge in [0.15, 0.2) is 0 Å². The Bertz CT molecular complexity index is 73.3. The first-order chi connectivity index (χ1) is 4.35. The van der Waals surface area contributed by atoms with Gasteiger partial charge >= 0.3 is 0 Å². The predicted molar refractivity (Wildman–Crippen MR) is 38.5 cm³/mol. The molecule has 0 aliphatic carbocycles. The maximum atomic E-state index is 10.0. The van der Waals surface area contributed by atoms with E-state index >= 15 is 0 Å². The summed E-state index contributed by atoms with van der Waals surface area (Å²) < 4.78 is 0. The van der Waals surface area contributed by atoms with Crippen LogP contribution >= 0.6 is 0 Å². The van der Waals surface area contributed by atoms with Crippen LogP contribution in [0.1, 0.15) is 20.3 Å². The van der Waals surface area contributed by atoms with Crippen molar-refractivity contribution in [3.8, 4) is 0 Å². The van der Waals surface area contributed by atoms with Gasteiger partial charge < -0.3 is 4.79 Å². The van der Waals surface area contributed by atoms with Crippen LogP contribution in [0, 0.1) is 0 Å². The van der Waals surface area contributed by atoms with Crippen LogP contribution < -0.4 is 0 Å². The van der Waals surface area contributed by atoms with Gasteiger partial charge in [0, 0.05) is 0 Å². The molecule has 0 rings (SSSR count). The quantitative estimate of drug-likeness (QED) is 0.514. The Balaban J connectivity index is 3.28. The third kappa shape index (κ3) is 4.15. The van der Waals surface area contributed by atoms with E-state index < -0.39 is 0 Å². The van der Waals surface area contributed by atoms with Crippen molar-refractivity contribution in [1.82, 2.24) is 4.90 Å². The van der Waals surface area contributed by atoms with E-state index in [0.29, 0.717) is 6.54 Å². The number of aldehydes is 1. The van der Waals surface area contributed by atoms with Crippen molar-refractivity contribution in [3.05, 3.63) is 0 Å². The molecule has 0 radical (unpaired) electrons. The maximum absolute atomic E-state index is 10.0. The number of carbonyl (C=O) groups excluding carboxylic acids is 1. The van der Waals surface area contributed by atoms with E-state index in [-0.39, 0.29) is 0 Å². The lowest BCUT2D eigenvalue weighted by atomic mass is 10.4. The molecule has 9 heavy (non-hydrogen) atoms. The summed E-state index contributed by atoms with van der Waals surface area (Å²) in [6.07, 6.45) is 2.08. The summed E-state index contributed by atoms with van der Waals surface area (Å²) in [7, 11) is 0. The third-order valence-corrected chi connectivity index (χ3v) is 1.32. The second-order valence-electron chi connectivity index (χ2n) is 2.06. The molecule has 0 amide bonds. The van der Waals surface area contributed by atoms with Crippen molar-refractivity contribution < 1.29 is 4.79 Å². The van der Waals surface area contributed by atoms with E-state index in [9.17, 15) is 4.79 Å². The fraction of sp³-hybridized carbons (Fsp3) is 0.857. The number of hydrogen-bond donors (Lipinski definition) is 0. The summed E-state index contributed by atoms with van der Waals surface area (Å²) in [6.45, 7) is 6.79. The molecule has 0 aliphatic rings. The largest absolute Gasteiger partial charge is 0.302 e. The first-order valence-corrected chi connectivity index (χ1v) is 3.51. The highest BCUT2D eigenvalue weighted by Gasteiger charge is 1.96. The summed E-state index contributed by atoms with van der Waals surface area (Å²) in [4.78, 5) is 12.1. The van der Waals surface area contributed by atoms with E-state index in [0.717, 1.165) is 25.8 Å². The van der Waals surface area contributed by atoms with Crippen LogP contribution in [0.5, 0.6) is 0 Å². The third-order valence-electron chi connectivity index (χ3n) is 1.32. The van der Waals surface area contributed by atoms with Crippen LogP contribution in [0.3, 0.4) is 0 Å². The Kier molecular flexibility index (Phi) is 5.52. The lowest BCUT2D eigenvalue weighted by Gasteiger charge is -2.14. The molecule has 0 atom stereocenters. The van der Waals surface area contributed by atoms with Crippen LogP contribution in [0.15, 0.2) is 0 Å². The molecule has 0 saturated carbocycles. The summed E-state index contributed by atoms with van der Waals surface area (Å²) >= 11 is 0. The molecule has 54 valence electrons. The highest BCUT2D eigenvalue weighted by molar-refractivity contribution is 5.51. The zero-order valence-electron chi connectivity index (χ0n) is 6.26. The molecule has 0 saturated heterocycles. The van der Waals surface area contributed by atoms with Crippen LogP contribution in [0.25, 0.3) is 0 Å². The minimum atomic E-state index is 0.588. The van der Waals surface area contributed by atoms with E-state index in [4.69, 9.17) is 0 Å². The highest BCUT2D eigenvalue weighted by atomic mass is 16.1. The van der Waals surface area contributed by atoms with Crippen molar-refractivity contribution in [3.63, 3.8) is 0 Å². The van der Waals surface area contributed by atoms with Gasteiger partial charge in [-0.05, 0) is 19.5 Å². The van der Waals surface area contributed by atoms with Gasteiger partial charge in [-0.15, -0.1) is 0 Å². The molecule has 0 fully saturated rings. The van der Waals surface area contributed by atoms with Gasteiger partial charge in [-0.2, -0.15) is 0 Å². The van der Waals surface area contributed by atoms with Crippen molar-refractivity contribution in [2.75, 3.05) is 19.6 Å². The number of hydrogen-bond acceptors (Lipinski definition) is 2. The van der Waals surface area contributed by atoms with Crippen LogP contribution in [0.2, 0.25) is 0 Å². The zero-order chi connectivity index (χ0) is 7.11. The average Bonchev–Trinajstić information content (AvgIpc) is 1.88. The SMILES string of the molecule is CCCN(CC)CC=O. The molecule has 0 heterocycles. The lowest BCUT2D eigenvalue weighted by molar-refractivity contribution is -0.108. The number of rotatable bonds is 5. The first-order valence-electron chi connectivity index (χ1n) is 3.51. The Morgan fingerprint density at radius 1 is 1.44 bits per heavy atom. The Morgan fingerprint density at radius 3 is 2.44 bits per heavy atom. The smallest absolute Gasteiger partial charge is 0.133 e. The van der Waals surface area contributed by atoms with Gasteiger partial charge in [0.05, 0.1) is 6.54 Å². The Hall–Kier alpha value is -0.370. The standard InChI is InChI=1S/C7H15NO/c1-3-5-8(4-2)6-7-9/h7H,3-6H2,1-2H3. The van der Waals surface area contributed by atoms with Crippen molar-refractivity contribution in [1.29, 1.82) is 0 Å². The van der Waals surface area contributed by atoms with Crippen LogP contribution in [-0.2, 0) is 4.79 Å². The first kappa shape index (κ1) is 8.63. The molecular weight excluding hydrogens is 114 g/mol. The molecule has 0 aliphatic heterocycles. The van der Waals surface area contributed by atoms with E-state index in [1.807, 2.05) is 0 Å². The number of nitrogens with zero attached hydrogens (tertiary/aromatic N) is 1. The molecule has 2 heteroatoms. The molecule has 2 nitrogen and oxygen atoms in total. The second-order valence-corrected chi connectivity index (χ2v) is 2.06. The lowest BCUT2D eigenvalue weighted by Crippen LogP contribution is -2.25. The monoisotopic (exact) mass is 129 g/mol. The zero-order valence-corrected chi connectivity index (χ0v) is 6.26. The number of likely N-dealkylation sites (N-methyl/N-ethyl adjacent to an activating group) is 1. The molecule has 0 aromatic carbocycles. The van der Waals surface area contributed by atoms with E-state index in [2.05, 4.69) is 18.7 Å². The second kappa shape index (κ2) is 5.76. The van der Waals surface area contributed by atoms with Gasteiger partial charge in [-0.25, -0.2) is 0 Å². The molecule has 0 spiro atoms. The van der Waals surface area contributed by atoms with E-state index in [1.165, 1.54) is 0 Å². The molecular formula is C7H15NO. The summed E-state index contributed by atoms with van der Waals surface area (Å²) in [6, 6.07) is 0. The normalized spacial score (nSPS) is 10.1. The molecule has 0 bridgehead atoms. The fourth-order valence-corrected chi connectivity index (χ4v) is 0.800. The van der Waals surface area contributed by atoms with E-state index in [1.54, 1.807) is 0 Å². The van der Waals surface area contributed by atoms with Gasteiger partial charge in [0.1, 0.15) is 6.29 Å². The van der Waals surface area contributed by atoms with Gasteiger partial charge in [0.2, 0.25) is 0 Å². The van der Waals surface area contributed by atoms with Crippen molar-refractivity contribution in [2.45, 2.75) is 20.3 Å². The minimum Gasteiger partial charge on any atom is -0.302 e. The summed E-state index contributed by atoms with van der Waals surface area (Å²) in [5.74, 6) is 0. The molecule has 0 aromatic rings. The van der Waals surface area contributed by atoms with Crippen LogP contribution in [0.4, 0.5) is 0 Å². The molecule has 0 N–H and O–H groups in total. The maximum Gasteiger partial charge on any atom is 0.133 e. The summed E-state index contributed by atoms with van der Waals surface area (Å²) in [5, 5.41) is 0. The minimum absolute atomic E-state index is 0.588. The summed E-state index contributed by atoms with van der Waals surface area (Å²) in [5.41, 5.74) is 0. The van der Waals surface area contributed by atoms with Crippen molar-refractivity contribution in [2.24, 2.45) is 0 Å². The predicted octanol–water partition coefficient (Wildman–Crippen LogP) is 0.917. The van der Waals surface area contributed by atoms with Crippen LogP contribution in [-0.4, -0.2) is 30.8 Å². The van der Waals surface area contributed by atoms with Crippen molar-refractivity contribution >= 4 is 6.29 Å². The highest BCUT2D eigenvalue weighted by Crippen LogP contribution is 1.86. The Labute approximate surface area is 56.9 Å². The van der Waals surface area contributed by atoms with Gasteiger partial charge in [-0.1, -0.05) is 13.8 Å².